The molecule has 0 fully saturated rings. The Morgan fingerprint density at radius 3 is 2.41 bits per heavy atom. The topological polar surface area (TPSA) is 43.8 Å². The Labute approximate surface area is 102 Å². The first-order valence-corrected chi connectivity index (χ1v) is 5.87. The Hall–Kier alpha value is -1.61. The lowest BCUT2D eigenvalue weighted by Gasteiger charge is -2.18. The molecule has 0 aliphatic carbocycles. The molecule has 1 unspecified atom stereocenters. The van der Waals surface area contributed by atoms with Crippen molar-refractivity contribution < 1.29 is 0 Å². The lowest BCUT2D eigenvalue weighted by molar-refractivity contribution is 0.572. The van der Waals surface area contributed by atoms with Crippen molar-refractivity contribution in [3.8, 4) is 0 Å². The molecular formula is C14H19N3. The largest absolute Gasteiger partial charge is 0.336 e. The molecule has 90 valence electrons. The molecule has 0 amide bonds. The Morgan fingerprint density at radius 1 is 1.24 bits per heavy atom. The van der Waals surface area contributed by atoms with E-state index in [0.29, 0.717) is 0 Å². The number of nitrogens with two attached hydrogens (primary N) is 1. The van der Waals surface area contributed by atoms with Crippen molar-refractivity contribution in [3.63, 3.8) is 0 Å². The van der Waals surface area contributed by atoms with Gasteiger partial charge in [-0.25, -0.2) is 4.98 Å². The maximum Gasteiger partial charge on any atom is 0.0946 e. The third kappa shape index (κ3) is 2.56. The van der Waals surface area contributed by atoms with Gasteiger partial charge < -0.3 is 10.3 Å². The minimum atomic E-state index is 0.0183. The van der Waals surface area contributed by atoms with Gasteiger partial charge >= 0.3 is 0 Å². The van der Waals surface area contributed by atoms with Gasteiger partial charge in [-0.3, -0.25) is 0 Å². The van der Waals surface area contributed by atoms with E-state index < -0.39 is 0 Å². The summed E-state index contributed by atoms with van der Waals surface area (Å²) >= 11 is 0. The summed E-state index contributed by atoms with van der Waals surface area (Å²) in [4.78, 5) is 4.04. The van der Waals surface area contributed by atoms with Gasteiger partial charge in [0.25, 0.3) is 0 Å². The molecule has 2 aromatic rings. The molecule has 17 heavy (non-hydrogen) atoms. The summed E-state index contributed by atoms with van der Waals surface area (Å²) < 4.78 is 2.02. The molecule has 3 nitrogen and oxygen atoms in total. The number of benzene rings is 1. The van der Waals surface area contributed by atoms with Gasteiger partial charge in [-0.15, -0.1) is 0 Å². The zero-order valence-corrected chi connectivity index (χ0v) is 10.6. The van der Waals surface area contributed by atoms with E-state index in [2.05, 4.69) is 37.9 Å². The van der Waals surface area contributed by atoms with Crippen LogP contribution in [0.3, 0.4) is 0 Å². The van der Waals surface area contributed by atoms with Crippen LogP contribution < -0.4 is 5.73 Å². The molecular weight excluding hydrogens is 210 g/mol. The summed E-state index contributed by atoms with van der Waals surface area (Å²) in [5.74, 6) is 0. The van der Waals surface area contributed by atoms with Crippen molar-refractivity contribution in [1.82, 2.24) is 9.55 Å². The molecule has 0 aliphatic heterocycles. The predicted octanol–water partition coefficient (Wildman–Crippen LogP) is 2.51. The van der Waals surface area contributed by atoms with Gasteiger partial charge in [0.2, 0.25) is 0 Å². The summed E-state index contributed by atoms with van der Waals surface area (Å²) in [6, 6.07) is 4.40. The molecule has 2 rings (SSSR count). The third-order valence-corrected chi connectivity index (χ3v) is 3.08. The van der Waals surface area contributed by atoms with Gasteiger partial charge in [0.15, 0.2) is 0 Å². The SMILES string of the molecule is Cc1cc(C)c(C(N)Cn2ccnc2)c(C)c1. The van der Waals surface area contributed by atoms with E-state index in [1.165, 1.54) is 22.3 Å². The normalized spacial score (nSPS) is 12.7. The van der Waals surface area contributed by atoms with Gasteiger partial charge in [-0.1, -0.05) is 17.7 Å². The summed E-state index contributed by atoms with van der Waals surface area (Å²) in [6.07, 6.45) is 5.53. The van der Waals surface area contributed by atoms with Crippen LogP contribution in [0.25, 0.3) is 0 Å². The van der Waals surface area contributed by atoms with Gasteiger partial charge in [0.1, 0.15) is 0 Å². The predicted molar refractivity (Wildman–Crippen MR) is 69.8 cm³/mol. The van der Waals surface area contributed by atoms with Crippen molar-refractivity contribution in [1.29, 1.82) is 0 Å². The maximum absolute atomic E-state index is 6.29. The van der Waals surface area contributed by atoms with Crippen LogP contribution in [0.4, 0.5) is 0 Å². The van der Waals surface area contributed by atoms with Crippen LogP contribution >= 0.6 is 0 Å². The first kappa shape index (κ1) is 11.9. The van der Waals surface area contributed by atoms with Crippen LogP contribution in [0.5, 0.6) is 0 Å². The molecule has 3 heteroatoms. The average molecular weight is 229 g/mol. The van der Waals surface area contributed by atoms with E-state index in [0.717, 1.165) is 6.54 Å². The molecule has 1 atom stereocenters. The molecule has 1 heterocycles. The van der Waals surface area contributed by atoms with Crippen molar-refractivity contribution in [2.24, 2.45) is 5.73 Å². The van der Waals surface area contributed by atoms with Crippen molar-refractivity contribution in [2.45, 2.75) is 33.4 Å². The number of hydrogen-bond acceptors (Lipinski definition) is 2. The molecule has 0 spiro atoms. The Bertz CT molecular complexity index is 477. The average Bonchev–Trinajstić information content (AvgIpc) is 2.68. The van der Waals surface area contributed by atoms with Gasteiger partial charge in [-0.05, 0) is 37.5 Å². The fourth-order valence-corrected chi connectivity index (χ4v) is 2.49. The maximum atomic E-state index is 6.29. The first-order valence-electron chi connectivity index (χ1n) is 5.87. The number of imidazole rings is 1. The summed E-state index contributed by atoms with van der Waals surface area (Å²) in [7, 11) is 0. The monoisotopic (exact) mass is 229 g/mol. The van der Waals surface area contributed by atoms with E-state index in [1.807, 2.05) is 10.8 Å². The van der Waals surface area contributed by atoms with Crippen molar-refractivity contribution in [2.75, 3.05) is 0 Å². The molecule has 1 aromatic carbocycles. The molecule has 2 N–H and O–H groups in total. The Kier molecular flexibility index (Phi) is 3.29. The quantitative estimate of drug-likeness (QED) is 0.878. The summed E-state index contributed by atoms with van der Waals surface area (Å²) in [6.45, 7) is 7.14. The van der Waals surface area contributed by atoms with Crippen LogP contribution in [0, 0.1) is 20.8 Å². The molecule has 0 bridgehead atoms. The van der Waals surface area contributed by atoms with E-state index in [1.54, 1.807) is 12.5 Å². The second-order valence-corrected chi connectivity index (χ2v) is 4.68. The number of aromatic nitrogens is 2. The van der Waals surface area contributed by atoms with E-state index >= 15 is 0 Å². The second kappa shape index (κ2) is 4.72. The van der Waals surface area contributed by atoms with E-state index in [9.17, 15) is 0 Å². The van der Waals surface area contributed by atoms with Crippen molar-refractivity contribution >= 4 is 0 Å². The molecule has 0 saturated heterocycles. The molecule has 0 saturated carbocycles. The standard InChI is InChI=1S/C14H19N3/c1-10-6-11(2)14(12(3)7-10)13(15)8-17-5-4-16-9-17/h4-7,9,13H,8,15H2,1-3H3. The van der Waals surface area contributed by atoms with Crippen LogP contribution in [0.1, 0.15) is 28.3 Å². The fourth-order valence-electron chi connectivity index (χ4n) is 2.49. The highest BCUT2D eigenvalue weighted by molar-refractivity contribution is 5.39. The minimum Gasteiger partial charge on any atom is -0.336 e. The molecule has 1 aromatic heterocycles. The Morgan fingerprint density at radius 2 is 1.88 bits per heavy atom. The highest BCUT2D eigenvalue weighted by Gasteiger charge is 2.12. The summed E-state index contributed by atoms with van der Waals surface area (Å²) in [5.41, 5.74) is 11.4. The zero-order valence-electron chi connectivity index (χ0n) is 10.6. The number of aryl methyl sites for hydroxylation is 3. The first-order chi connectivity index (χ1) is 8.08. The minimum absolute atomic E-state index is 0.0183. The lowest BCUT2D eigenvalue weighted by Crippen LogP contribution is -2.19. The highest BCUT2D eigenvalue weighted by Crippen LogP contribution is 2.23. The number of nitrogens with zero attached hydrogens (tertiary/aromatic N) is 2. The number of hydrogen-bond donors (Lipinski definition) is 1. The zero-order chi connectivity index (χ0) is 12.4. The highest BCUT2D eigenvalue weighted by atomic mass is 15.0. The van der Waals surface area contributed by atoms with Crippen LogP contribution in [0.15, 0.2) is 30.9 Å². The summed E-state index contributed by atoms with van der Waals surface area (Å²) in [5, 5.41) is 0. The van der Waals surface area contributed by atoms with E-state index in [4.69, 9.17) is 5.73 Å². The van der Waals surface area contributed by atoms with Gasteiger partial charge in [0.05, 0.1) is 6.33 Å². The number of rotatable bonds is 3. The van der Waals surface area contributed by atoms with Crippen LogP contribution in [0.2, 0.25) is 0 Å². The molecule has 0 aliphatic rings. The Balaban J connectivity index is 2.27. The fraction of sp³-hybridized carbons (Fsp3) is 0.357. The van der Waals surface area contributed by atoms with Crippen LogP contribution in [-0.2, 0) is 6.54 Å². The van der Waals surface area contributed by atoms with Crippen LogP contribution in [-0.4, -0.2) is 9.55 Å². The van der Waals surface area contributed by atoms with Gasteiger partial charge in [-0.2, -0.15) is 0 Å². The lowest BCUT2D eigenvalue weighted by atomic mass is 9.94. The molecule has 0 radical (unpaired) electrons. The van der Waals surface area contributed by atoms with Crippen molar-refractivity contribution in [3.05, 3.63) is 53.1 Å². The third-order valence-electron chi connectivity index (χ3n) is 3.08. The van der Waals surface area contributed by atoms with Gasteiger partial charge in [0, 0.05) is 25.0 Å². The smallest absolute Gasteiger partial charge is 0.0946 e. The van der Waals surface area contributed by atoms with E-state index in [-0.39, 0.29) is 6.04 Å². The second-order valence-electron chi connectivity index (χ2n) is 4.68.